The number of anilines is 1. The number of aromatic amines is 1. The van der Waals surface area contributed by atoms with Gasteiger partial charge in [-0.05, 0) is 12.1 Å². The van der Waals surface area contributed by atoms with Crippen molar-refractivity contribution in [1.82, 2.24) is 20.3 Å². The number of nitrogens with zero attached hydrogens (tertiary/aromatic N) is 4. The monoisotopic (exact) mass is 325 g/mol. The lowest BCUT2D eigenvalue weighted by Crippen LogP contribution is -2.23. The molecule has 0 unspecified atom stereocenters. The molecule has 0 spiro atoms. The van der Waals surface area contributed by atoms with E-state index >= 15 is 0 Å². The second kappa shape index (κ2) is 5.80. The first-order chi connectivity index (χ1) is 11.8. The summed E-state index contributed by atoms with van der Waals surface area (Å²) < 4.78 is 10.7. The van der Waals surface area contributed by atoms with E-state index in [-0.39, 0.29) is 11.8 Å². The molecular formula is C16H15N5O3. The summed E-state index contributed by atoms with van der Waals surface area (Å²) in [5, 5.41) is 10.6. The third-order valence-corrected chi connectivity index (χ3v) is 4.06. The standard InChI is InChI=1S/C16H15N5O3/c1-23-13-5-3-2-4-12(13)15-19-16(24-20-15)10-6-14(22)21(9-10)11-7-17-18-8-11/h2-5,7-8,10H,6,9H2,1H3,(H,17,18)/t10-/m1/s1. The molecular weight excluding hydrogens is 310 g/mol. The summed E-state index contributed by atoms with van der Waals surface area (Å²) in [6.07, 6.45) is 3.64. The van der Waals surface area contributed by atoms with Gasteiger partial charge < -0.3 is 14.2 Å². The third-order valence-electron chi connectivity index (χ3n) is 4.06. The number of carbonyl (C=O) groups excluding carboxylic acids is 1. The highest BCUT2D eigenvalue weighted by Gasteiger charge is 2.35. The lowest BCUT2D eigenvalue weighted by Gasteiger charge is -2.12. The second-order valence-electron chi connectivity index (χ2n) is 5.52. The largest absolute Gasteiger partial charge is 0.496 e. The predicted octanol–water partition coefficient (Wildman–Crippen LogP) is 1.99. The zero-order valence-electron chi connectivity index (χ0n) is 13.0. The number of hydrogen-bond donors (Lipinski definition) is 1. The van der Waals surface area contributed by atoms with Gasteiger partial charge in [0.25, 0.3) is 0 Å². The van der Waals surface area contributed by atoms with Gasteiger partial charge in [0, 0.05) is 19.2 Å². The zero-order valence-corrected chi connectivity index (χ0v) is 13.0. The Labute approximate surface area is 137 Å². The Morgan fingerprint density at radius 2 is 2.25 bits per heavy atom. The van der Waals surface area contributed by atoms with Crippen molar-refractivity contribution in [3.8, 4) is 17.1 Å². The van der Waals surface area contributed by atoms with E-state index in [0.717, 1.165) is 11.3 Å². The molecule has 1 amide bonds. The first-order valence-corrected chi connectivity index (χ1v) is 7.52. The summed E-state index contributed by atoms with van der Waals surface area (Å²) in [4.78, 5) is 18.3. The molecule has 1 atom stereocenters. The topological polar surface area (TPSA) is 97.1 Å². The Morgan fingerprint density at radius 1 is 1.38 bits per heavy atom. The average molecular weight is 325 g/mol. The lowest BCUT2D eigenvalue weighted by molar-refractivity contribution is -0.117. The molecule has 24 heavy (non-hydrogen) atoms. The van der Waals surface area contributed by atoms with Crippen molar-refractivity contribution in [1.29, 1.82) is 0 Å². The van der Waals surface area contributed by atoms with Crippen LogP contribution in [0, 0.1) is 0 Å². The molecule has 1 aromatic carbocycles. The van der Waals surface area contributed by atoms with E-state index in [9.17, 15) is 4.79 Å². The molecule has 1 aliphatic rings. The van der Waals surface area contributed by atoms with Crippen LogP contribution in [0.2, 0.25) is 0 Å². The SMILES string of the molecule is COc1ccccc1-c1noc([C@@H]2CC(=O)N(c3cn[nH]c3)C2)n1. The molecule has 0 radical (unpaired) electrons. The molecule has 4 rings (SSSR count). The van der Waals surface area contributed by atoms with Gasteiger partial charge in [0.1, 0.15) is 5.75 Å². The summed E-state index contributed by atoms with van der Waals surface area (Å²) >= 11 is 0. The van der Waals surface area contributed by atoms with Crippen LogP contribution in [0.5, 0.6) is 5.75 Å². The van der Waals surface area contributed by atoms with Gasteiger partial charge in [0.05, 0.1) is 30.5 Å². The summed E-state index contributed by atoms with van der Waals surface area (Å²) in [6.45, 7) is 0.492. The van der Waals surface area contributed by atoms with Crippen molar-refractivity contribution >= 4 is 11.6 Å². The van der Waals surface area contributed by atoms with Crippen LogP contribution in [-0.4, -0.2) is 39.9 Å². The molecule has 0 bridgehead atoms. The fourth-order valence-electron chi connectivity index (χ4n) is 2.85. The van der Waals surface area contributed by atoms with E-state index in [0.29, 0.717) is 30.4 Å². The van der Waals surface area contributed by atoms with E-state index in [1.807, 2.05) is 24.3 Å². The number of amides is 1. The Morgan fingerprint density at radius 3 is 3.04 bits per heavy atom. The number of carbonyl (C=O) groups is 1. The van der Waals surface area contributed by atoms with Crippen molar-refractivity contribution in [2.24, 2.45) is 0 Å². The van der Waals surface area contributed by atoms with Crippen LogP contribution in [-0.2, 0) is 4.79 Å². The molecule has 0 saturated carbocycles. The Balaban J connectivity index is 1.59. The number of rotatable bonds is 4. The molecule has 8 heteroatoms. The Hall–Kier alpha value is -3.16. The lowest BCUT2D eigenvalue weighted by atomic mass is 10.1. The van der Waals surface area contributed by atoms with Crippen LogP contribution < -0.4 is 9.64 Å². The number of hydrogen-bond acceptors (Lipinski definition) is 6. The fraction of sp³-hybridized carbons (Fsp3) is 0.250. The van der Waals surface area contributed by atoms with E-state index in [1.165, 1.54) is 0 Å². The molecule has 0 aliphatic carbocycles. The van der Waals surface area contributed by atoms with Crippen LogP contribution in [0.15, 0.2) is 41.2 Å². The van der Waals surface area contributed by atoms with Crippen molar-refractivity contribution in [3.63, 3.8) is 0 Å². The second-order valence-corrected chi connectivity index (χ2v) is 5.52. The van der Waals surface area contributed by atoms with Crippen LogP contribution in [0.25, 0.3) is 11.4 Å². The maximum Gasteiger partial charge on any atom is 0.232 e. The molecule has 1 fully saturated rings. The maximum atomic E-state index is 12.2. The average Bonchev–Trinajstić information content (AvgIpc) is 3.34. The quantitative estimate of drug-likeness (QED) is 0.788. The summed E-state index contributed by atoms with van der Waals surface area (Å²) in [6, 6.07) is 7.46. The Bertz CT molecular complexity index is 858. The summed E-state index contributed by atoms with van der Waals surface area (Å²) in [5.41, 5.74) is 1.50. The molecule has 2 aromatic heterocycles. The molecule has 1 saturated heterocycles. The van der Waals surface area contributed by atoms with Gasteiger partial charge in [0.15, 0.2) is 0 Å². The number of benzene rings is 1. The smallest absolute Gasteiger partial charge is 0.232 e. The van der Waals surface area contributed by atoms with Crippen LogP contribution in [0.3, 0.4) is 0 Å². The third kappa shape index (κ3) is 2.41. The molecule has 1 N–H and O–H groups in total. The van der Waals surface area contributed by atoms with Crippen molar-refractivity contribution in [2.45, 2.75) is 12.3 Å². The minimum absolute atomic E-state index is 0.0124. The number of H-pyrrole nitrogens is 1. The van der Waals surface area contributed by atoms with Crippen LogP contribution in [0.1, 0.15) is 18.2 Å². The molecule has 3 heterocycles. The van der Waals surface area contributed by atoms with Crippen molar-refractivity contribution in [3.05, 3.63) is 42.5 Å². The number of nitrogens with one attached hydrogen (secondary N) is 1. The van der Waals surface area contributed by atoms with Crippen LogP contribution in [0.4, 0.5) is 5.69 Å². The van der Waals surface area contributed by atoms with Gasteiger partial charge >= 0.3 is 0 Å². The number of aromatic nitrogens is 4. The van der Waals surface area contributed by atoms with Gasteiger partial charge in [-0.25, -0.2) is 0 Å². The molecule has 1 aliphatic heterocycles. The summed E-state index contributed by atoms with van der Waals surface area (Å²) in [5.74, 6) is 1.46. The van der Waals surface area contributed by atoms with Gasteiger partial charge in [-0.15, -0.1) is 0 Å². The molecule has 3 aromatic rings. The van der Waals surface area contributed by atoms with E-state index < -0.39 is 0 Å². The first-order valence-electron chi connectivity index (χ1n) is 7.52. The fourth-order valence-corrected chi connectivity index (χ4v) is 2.85. The van der Waals surface area contributed by atoms with E-state index in [4.69, 9.17) is 9.26 Å². The highest BCUT2D eigenvalue weighted by atomic mass is 16.5. The number of methoxy groups -OCH3 is 1. The maximum absolute atomic E-state index is 12.2. The minimum atomic E-state index is -0.136. The van der Waals surface area contributed by atoms with Gasteiger partial charge in [-0.3, -0.25) is 9.89 Å². The normalized spacial score (nSPS) is 17.5. The van der Waals surface area contributed by atoms with Crippen molar-refractivity contribution < 1.29 is 14.1 Å². The molecule has 122 valence electrons. The number of ether oxygens (including phenoxy) is 1. The van der Waals surface area contributed by atoms with Gasteiger partial charge in [0.2, 0.25) is 17.6 Å². The first kappa shape index (κ1) is 14.4. The predicted molar refractivity (Wildman–Crippen MR) is 84.6 cm³/mol. The zero-order chi connectivity index (χ0) is 16.5. The highest BCUT2D eigenvalue weighted by molar-refractivity contribution is 5.96. The van der Waals surface area contributed by atoms with Crippen LogP contribution >= 0.6 is 0 Å². The minimum Gasteiger partial charge on any atom is -0.496 e. The van der Waals surface area contributed by atoms with Gasteiger partial charge in [-0.2, -0.15) is 10.1 Å². The van der Waals surface area contributed by atoms with E-state index in [1.54, 1.807) is 24.4 Å². The van der Waals surface area contributed by atoms with Crippen molar-refractivity contribution in [2.75, 3.05) is 18.6 Å². The number of para-hydroxylation sites is 1. The Kier molecular flexibility index (Phi) is 3.49. The highest BCUT2D eigenvalue weighted by Crippen LogP contribution is 2.33. The molecule has 8 nitrogen and oxygen atoms in total. The van der Waals surface area contributed by atoms with Gasteiger partial charge in [-0.1, -0.05) is 17.3 Å². The van der Waals surface area contributed by atoms with E-state index in [2.05, 4.69) is 20.3 Å². The summed E-state index contributed by atoms with van der Waals surface area (Å²) in [7, 11) is 1.60.